The molecule has 0 aliphatic rings. The van der Waals surface area contributed by atoms with Gasteiger partial charge in [-0.3, -0.25) is 9.10 Å². The number of carbonyl (C=O) groups excluding carboxylic acids is 1. The van der Waals surface area contributed by atoms with Gasteiger partial charge < -0.3 is 10.1 Å². The number of ether oxygens (including phenoxy) is 1. The number of sulfonamides is 1. The van der Waals surface area contributed by atoms with Crippen molar-refractivity contribution >= 4 is 27.3 Å². The number of hydrogen-bond donors (Lipinski definition) is 1. The molecule has 0 saturated heterocycles. The summed E-state index contributed by atoms with van der Waals surface area (Å²) < 4.78 is 69.6. The van der Waals surface area contributed by atoms with E-state index in [1.165, 1.54) is 25.3 Å². The molecule has 0 unspecified atom stereocenters. The number of nitrogens with zero attached hydrogens (tertiary/aromatic N) is 1. The number of hydrogen-bond acceptors (Lipinski definition) is 4. The summed E-state index contributed by atoms with van der Waals surface area (Å²) in [7, 11) is -2.47. The first kappa shape index (κ1) is 22.5. The highest BCUT2D eigenvalue weighted by Gasteiger charge is 2.33. The SMILES string of the molecule is CC[C@H](C(=O)Nc1cccc(C(F)(F)F)c1)N(c1cccc(OC)c1)S(C)(=O)=O. The van der Waals surface area contributed by atoms with Gasteiger partial charge in [-0.25, -0.2) is 8.42 Å². The standard InChI is InChI=1S/C19H21F3N2O4S/c1-4-17(18(25)23-14-8-5-7-13(11-14)19(20,21)22)24(29(3,26)27)15-9-6-10-16(12-15)28-2/h5-12,17H,4H2,1-3H3,(H,23,25)/t17-/m1/s1. The third-order valence-corrected chi connectivity index (χ3v) is 5.27. The van der Waals surface area contributed by atoms with E-state index in [9.17, 15) is 26.4 Å². The Bertz CT molecular complexity index is 977. The van der Waals surface area contributed by atoms with Crippen LogP contribution in [0.2, 0.25) is 0 Å². The van der Waals surface area contributed by atoms with Gasteiger partial charge in [0.2, 0.25) is 15.9 Å². The first-order valence-corrected chi connectivity index (χ1v) is 10.4. The predicted octanol–water partition coefficient (Wildman–Crippen LogP) is 3.90. The van der Waals surface area contributed by atoms with Gasteiger partial charge in [-0.2, -0.15) is 13.2 Å². The van der Waals surface area contributed by atoms with Gasteiger partial charge in [0, 0.05) is 11.8 Å². The van der Waals surface area contributed by atoms with Crippen LogP contribution in [0.1, 0.15) is 18.9 Å². The molecule has 2 rings (SSSR count). The number of amides is 1. The predicted molar refractivity (Wildman–Crippen MR) is 104 cm³/mol. The maximum atomic E-state index is 12.9. The van der Waals surface area contributed by atoms with Crippen LogP contribution in [-0.2, 0) is 21.0 Å². The normalized spacial score (nSPS) is 12.9. The van der Waals surface area contributed by atoms with Gasteiger partial charge in [0.05, 0.1) is 24.6 Å². The third kappa shape index (κ3) is 5.63. The lowest BCUT2D eigenvalue weighted by Crippen LogP contribution is -2.47. The number of rotatable bonds is 7. The zero-order valence-corrected chi connectivity index (χ0v) is 16.8. The van der Waals surface area contributed by atoms with Crippen molar-refractivity contribution in [3.63, 3.8) is 0 Å². The van der Waals surface area contributed by atoms with E-state index < -0.39 is 33.7 Å². The van der Waals surface area contributed by atoms with Crippen molar-refractivity contribution < 1.29 is 31.1 Å². The average molecular weight is 430 g/mol. The second-order valence-corrected chi connectivity index (χ2v) is 8.11. The van der Waals surface area contributed by atoms with Crippen molar-refractivity contribution in [3.05, 3.63) is 54.1 Å². The summed E-state index contributed by atoms with van der Waals surface area (Å²) in [6.45, 7) is 1.61. The van der Waals surface area contributed by atoms with Gasteiger partial charge >= 0.3 is 6.18 Å². The maximum absolute atomic E-state index is 12.9. The fraction of sp³-hybridized carbons (Fsp3) is 0.316. The Hall–Kier alpha value is -2.75. The van der Waals surface area contributed by atoms with Crippen LogP contribution >= 0.6 is 0 Å². The number of alkyl halides is 3. The van der Waals surface area contributed by atoms with Crippen molar-refractivity contribution in [3.8, 4) is 5.75 Å². The van der Waals surface area contributed by atoms with E-state index in [0.29, 0.717) is 5.75 Å². The first-order valence-electron chi connectivity index (χ1n) is 8.59. The molecular weight excluding hydrogens is 409 g/mol. The molecule has 0 bridgehead atoms. The van der Waals surface area contributed by atoms with Gasteiger partial charge in [-0.1, -0.05) is 19.1 Å². The molecule has 0 spiro atoms. The number of nitrogens with one attached hydrogen (secondary N) is 1. The van der Waals surface area contributed by atoms with E-state index in [0.717, 1.165) is 28.8 Å². The lowest BCUT2D eigenvalue weighted by Gasteiger charge is -2.30. The summed E-state index contributed by atoms with van der Waals surface area (Å²) in [6.07, 6.45) is -3.52. The Morgan fingerprint density at radius 3 is 2.38 bits per heavy atom. The lowest BCUT2D eigenvalue weighted by molar-refractivity contribution is -0.137. The van der Waals surface area contributed by atoms with Gasteiger partial charge in [0.1, 0.15) is 11.8 Å². The minimum absolute atomic E-state index is 0.0811. The van der Waals surface area contributed by atoms with Crippen molar-refractivity contribution in [2.24, 2.45) is 0 Å². The minimum atomic E-state index is -4.57. The zero-order valence-electron chi connectivity index (χ0n) is 16.0. The maximum Gasteiger partial charge on any atom is 0.416 e. The highest BCUT2D eigenvalue weighted by molar-refractivity contribution is 7.92. The summed E-state index contributed by atoms with van der Waals surface area (Å²) in [4.78, 5) is 12.8. The monoisotopic (exact) mass is 430 g/mol. The smallest absolute Gasteiger partial charge is 0.416 e. The van der Waals surface area contributed by atoms with E-state index in [1.54, 1.807) is 19.1 Å². The molecule has 2 aromatic rings. The first-order chi connectivity index (χ1) is 13.5. The fourth-order valence-electron chi connectivity index (χ4n) is 2.81. The summed E-state index contributed by atoms with van der Waals surface area (Å²) in [5.74, 6) is -0.357. The number of halogens is 3. The van der Waals surface area contributed by atoms with Gasteiger partial charge in [0.25, 0.3) is 0 Å². The topological polar surface area (TPSA) is 75.7 Å². The van der Waals surface area contributed by atoms with Crippen molar-refractivity contribution in [1.82, 2.24) is 0 Å². The van der Waals surface area contributed by atoms with Gasteiger partial charge in [-0.05, 0) is 36.8 Å². The highest BCUT2D eigenvalue weighted by Crippen LogP contribution is 2.31. The molecule has 0 saturated carbocycles. The fourth-order valence-corrected chi connectivity index (χ4v) is 4.01. The molecule has 0 aliphatic carbocycles. The van der Waals surface area contributed by atoms with Crippen molar-refractivity contribution in [2.75, 3.05) is 23.0 Å². The van der Waals surface area contributed by atoms with Crippen molar-refractivity contribution in [1.29, 1.82) is 0 Å². The van der Waals surface area contributed by atoms with Crippen LogP contribution in [0.15, 0.2) is 48.5 Å². The summed E-state index contributed by atoms with van der Waals surface area (Å²) in [5, 5.41) is 2.38. The minimum Gasteiger partial charge on any atom is -0.497 e. The molecule has 1 N–H and O–H groups in total. The van der Waals surface area contributed by atoms with Crippen LogP contribution in [0, 0.1) is 0 Å². The summed E-state index contributed by atoms with van der Waals surface area (Å²) in [5.41, 5.74) is -0.795. The molecule has 1 atom stereocenters. The Morgan fingerprint density at radius 2 is 1.83 bits per heavy atom. The molecule has 29 heavy (non-hydrogen) atoms. The number of carbonyl (C=O) groups is 1. The lowest BCUT2D eigenvalue weighted by atomic mass is 10.1. The summed E-state index contributed by atoms with van der Waals surface area (Å²) in [6, 6.07) is 9.12. The quantitative estimate of drug-likeness (QED) is 0.723. The molecule has 1 amide bonds. The van der Waals surface area contributed by atoms with Crippen LogP contribution in [0.3, 0.4) is 0 Å². The number of benzene rings is 2. The Kier molecular flexibility index (Phi) is 6.78. The van der Waals surface area contributed by atoms with Crippen LogP contribution in [0.5, 0.6) is 5.75 Å². The number of anilines is 2. The van der Waals surface area contributed by atoms with Crippen LogP contribution in [-0.4, -0.2) is 33.7 Å². The van der Waals surface area contributed by atoms with Crippen LogP contribution in [0.25, 0.3) is 0 Å². The Labute approximate surface area is 167 Å². The van der Waals surface area contributed by atoms with Gasteiger partial charge in [0.15, 0.2) is 0 Å². The van der Waals surface area contributed by atoms with E-state index >= 15 is 0 Å². The van der Waals surface area contributed by atoms with E-state index in [2.05, 4.69) is 5.32 Å². The van der Waals surface area contributed by atoms with E-state index in [1.807, 2.05) is 0 Å². The van der Waals surface area contributed by atoms with Crippen molar-refractivity contribution in [2.45, 2.75) is 25.6 Å². The molecule has 0 heterocycles. The second-order valence-electron chi connectivity index (χ2n) is 6.25. The van der Waals surface area contributed by atoms with E-state index in [4.69, 9.17) is 4.74 Å². The molecule has 158 valence electrons. The average Bonchev–Trinajstić information content (AvgIpc) is 2.64. The highest BCUT2D eigenvalue weighted by atomic mass is 32.2. The molecule has 0 aliphatic heterocycles. The molecule has 0 aromatic heterocycles. The van der Waals surface area contributed by atoms with Gasteiger partial charge in [-0.15, -0.1) is 0 Å². The van der Waals surface area contributed by atoms with Crippen LogP contribution < -0.4 is 14.4 Å². The molecule has 10 heteroatoms. The summed E-state index contributed by atoms with van der Waals surface area (Å²) >= 11 is 0. The molecule has 6 nitrogen and oxygen atoms in total. The molecular formula is C19H21F3N2O4S. The molecule has 0 fully saturated rings. The zero-order chi connectivity index (χ0) is 21.8. The number of methoxy groups -OCH3 is 1. The molecule has 2 aromatic carbocycles. The Balaban J connectivity index is 2.39. The second kappa shape index (κ2) is 8.73. The molecule has 0 radical (unpaired) electrons. The van der Waals surface area contributed by atoms with E-state index in [-0.39, 0.29) is 17.8 Å². The Morgan fingerprint density at radius 1 is 1.17 bits per heavy atom. The third-order valence-electron chi connectivity index (χ3n) is 4.09. The largest absolute Gasteiger partial charge is 0.497 e. The van der Waals surface area contributed by atoms with Crippen LogP contribution in [0.4, 0.5) is 24.5 Å².